The van der Waals surface area contributed by atoms with Gasteiger partial charge in [-0.25, -0.2) is 9.67 Å². The third-order valence-electron chi connectivity index (χ3n) is 7.66. The van der Waals surface area contributed by atoms with Crippen LogP contribution in [0.5, 0.6) is 0 Å². The summed E-state index contributed by atoms with van der Waals surface area (Å²) in [5.41, 5.74) is 1.74. The first-order chi connectivity index (χ1) is 21.5. The molecule has 45 heavy (non-hydrogen) atoms. The Bertz CT molecular complexity index is 1980. The van der Waals surface area contributed by atoms with Crippen LogP contribution < -0.4 is 10.9 Å². The summed E-state index contributed by atoms with van der Waals surface area (Å²) in [7, 11) is 0. The Morgan fingerprint density at radius 2 is 1.80 bits per heavy atom. The summed E-state index contributed by atoms with van der Waals surface area (Å²) in [6.07, 6.45) is 0.725. The van der Waals surface area contributed by atoms with Crippen molar-refractivity contribution < 1.29 is 18.0 Å². The number of nitrogens with zero attached hydrogens (tertiary/aromatic N) is 6. The van der Waals surface area contributed by atoms with E-state index in [1.54, 1.807) is 6.07 Å². The summed E-state index contributed by atoms with van der Waals surface area (Å²) >= 11 is 12.4. The van der Waals surface area contributed by atoms with Crippen LogP contribution in [0, 0.1) is 5.92 Å². The van der Waals surface area contributed by atoms with E-state index >= 15 is 0 Å². The first-order valence-electron chi connectivity index (χ1n) is 13.9. The molecular weight excluding hydrogens is 630 g/mol. The molecule has 4 heterocycles. The number of pyridine rings is 1. The van der Waals surface area contributed by atoms with E-state index < -0.39 is 17.9 Å². The molecule has 2 bridgehead atoms. The van der Waals surface area contributed by atoms with Gasteiger partial charge >= 0.3 is 6.18 Å². The Labute approximate surface area is 264 Å². The molecule has 0 saturated heterocycles. The first kappa shape index (κ1) is 30.5. The third kappa shape index (κ3) is 6.34. The molecule has 230 valence electrons. The molecule has 5 aromatic rings. The van der Waals surface area contributed by atoms with E-state index in [-0.39, 0.29) is 28.8 Å². The van der Waals surface area contributed by atoms with Gasteiger partial charge in [-0.2, -0.15) is 13.2 Å². The minimum absolute atomic E-state index is 0.163. The number of carbonyl (C=O) groups is 1. The number of anilines is 1. The number of rotatable bonds is 3. The molecule has 6 rings (SSSR count). The lowest BCUT2D eigenvalue weighted by Gasteiger charge is -2.23. The van der Waals surface area contributed by atoms with Crippen LogP contribution >= 0.6 is 23.2 Å². The Morgan fingerprint density at radius 1 is 0.978 bits per heavy atom. The maximum Gasteiger partial charge on any atom is 0.436 e. The van der Waals surface area contributed by atoms with Gasteiger partial charge in [0.2, 0.25) is 5.91 Å². The molecule has 0 fully saturated rings. The fraction of sp³-hybridized carbons (Fsp3) is 0.226. The highest BCUT2D eigenvalue weighted by Crippen LogP contribution is 2.35. The standard InChI is InChI=1S/C31H24Cl2F3N7O2/c1-17-4-2-7-25(18-5-3-6-19(10-18)29-24(39-30(17)45)12-21(33)14-37-29)42-16-38-23(13-28(42)44)22-11-20(32)8-9-26(22)43-15-27(40-41-43)31(34,35)36/h3,5-6,8-17,25H,2,4,7H2,1H3,(H,39,45)/t17-,25+/m1/s1. The molecule has 1 aliphatic heterocycles. The molecule has 2 aromatic carbocycles. The molecule has 3 aromatic heterocycles. The smallest absolute Gasteiger partial charge is 0.324 e. The molecule has 0 spiro atoms. The van der Waals surface area contributed by atoms with Gasteiger partial charge in [-0.15, -0.1) is 5.10 Å². The van der Waals surface area contributed by atoms with Gasteiger partial charge in [-0.3, -0.25) is 19.1 Å². The van der Waals surface area contributed by atoms with Gasteiger partial charge in [0, 0.05) is 34.3 Å². The summed E-state index contributed by atoms with van der Waals surface area (Å²) in [4.78, 5) is 35.7. The number of alkyl halides is 3. The highest BCUT2D eigenvalue weighted by Gasteiger charge is 2.35. The second-order valence-corrected chi connectivity index (χ2v) is 11.6. The fourth-order valence-corrected chi connectivity index (χ4v) is 5.67. The van der Waals surface area contributed by atoms with Crippen molar-refractivity contribution in [2.45, 2.75) is 38.4 Å². The number of benzene rings is 2. The number of nitrogens with one attached hydrogen (secondary N) is 1. The Balaban J connectivity index is 1.42. The average molecular weight is 654 g/mol. The maximum atomic E-state index is 13.7. The van der Waals surface area contributed by atoms with E-state index in [1.165, 1.54) is 41.4 Å². The second-order valence-electron chi connectivity index (χ2n) is 10.7. The maximum absolute atomic E-state index is 13.7. The lowest BCUT2D eigenvalue weighted by Crippen LogP contribution is -2.26. The van der Waals surface area contributed by atoms with Gasteiger partial charge in [0.25, 0.3) is 5.56 Å². The molecule has 1 N–H and O–H groups in total. The molecule has 0 aliphatic carbocycles. The predicted octanol–water partition coefficient (Wildman–Crippen LogP) is 7.23. The summed E-state index contributed by atoms with van der Waals surface area (Å²) in [5.74, 6) is -0.479. The zero-order valence-corrected chi connectivity index (χ0v) is 25.1. The van der Waals surface area contributed by atoms with E-state index in [2.05, 4.69) is 25.6 Å². The molecule has 1 aliphatic rings. The van der Waals surface area contributed by atoms with Crippen LogP contribution in [-0.2, 0) is 11.0 Å². The van der Waals surface area contributed by atoms with Crippen LogP contribution in [0.15, 0.2) is 78.1 Å². The first-order valence-corrected chi connectivity index (χ1v) is 14.7. The zero-order chi connectivity index (χ0) is 31.9. The molecule has 0 unspecified atom stereocenters. The number of amides is 1. The van der Waals surface area contributed by atoms with Crippen LogP contribution in [0.3, 0.4) is 0 Å². The number of hydrogen-bond donors (Lipinski definition) is 1. The van der Waals surface area contributed by atoms with Crippen molar-refractivity contribution in [2.75, 3.05) is 5.32 Å². The van der Waals surface area contributed by atoms with E-state index in [0.29, 0.717) is 46.3 Å². The average Bonchev–Trinajstić information content (AvgIpc) is 3.50. The van der Waals surface area contributed by atoms with E-state index in [0.717, 1.165) is 22.0 Å². The van der Waals surface area contributed by atoms with Gasteiger partial charge in [-0.05, 0) is 48.7 Å². The topological polar surface area (TPSA) is 108 Å². The Hall–Kier alpha value is -4.55. The number of halogens is 5. The van der Waals surface area contributed by atoms with Crippen molar-refractivity contribution in [1.29, 1.82) is 0 Å². The quantitative estimate of drug-likeness (QED) is 0.220. The van der Waals surface area contributed by atoms with Gasteiger partial charge in [0.05, 0.1) is 46.4 Å². The minimum atomic E-state index is -4.68. The lowest BCUT2D eigenvalue weighted by atomic mass is 9.94. The highest BCUT2D eigenvalue weighted by molar-refractivity contribution is 6.31. The van der Waals surface area contributed by atoms with Crippen molar-refractivity contribution in [3.05, 3.63) is 105 Å². The molecule has 14 heteroatoms. The van der Waals surface area contributed by atoms with Crippen LogP contribution in [0.25, 0.3) is 28.2 Å². The van der Waals surface area contributed by atoms with Gasteiger partial charge in [0.1, 0.15) is 0 Å². The monoisotopic (exact) mass is 653 g/mol. The number of fused-ring (bicyclic) bond motifs is 4. The van der Waals surface area contributed by atoms with Crippen LogP contribution in [0.4, 0.5) is 18.9 Å². The Morgan fingerprint density at radius 3 is 2.56 bits per heavy atom. The summed E-state index contributed by atoms with van der Waals surface area (Å²) in [5, 5.41) is 10.5. The summed E-state index contributed by atoms with van der Waals surface area (Å²) < 4.78 is 42.1. The van der Waals surface area contributed by atoms with E-state index in [4.69, 9.17) is 23.2 Å². The molecule has 2 atom stereocenters. The fourth-order valence-electron chi connectivity index (χ4n) is 5.34. The third-order valence-corrected chi connectivity index (χ3v) is 8.10. The van der Waals surface area contributed by atoms with Crippen LogP contribution in [0.2, 0.25) is 10.0 Å². The van der Waals surface area contributed by atoms with Crippen molar-refractivity contribution in [1.82, 2.24) is 29.5 Å². The Kier molecular flexibility index (Phi) is 8.19. The predicted molar refractivity (Wildman–Crippen MR) is 163 cm³/mol. The number of hydrogen-bond acceptors (Lipinski definition) is 6. The van der Waals surface area contributed by atoms with Gasteiger partial charge < -0.3 is 5.32 Å². The van der Waals surface area contributed by atoms with Crippen molar-refractivity contribution in [2.24, 2.45) is 5.92 Å². The van der Waals surface area contributed by atoms with Crippen LogP contribution in [0.1, 0.15) is 43.5 Å². The number of aromatic nitrogens is 6. The van der Waals surface area contributed by atoms with Crippen LogP contribution in [-0.4, -0.2) is 35.4 Å². The van der Waals surface area contributed by atoms with E-state index in [9.17, 15) is 22.8 Å². The largest absolute Gasteiger partial charge is 0.436 e. The minimum Gasteiger partial charge on any atom is -0.324 e. The zero-order valence-electron chi connectivity index (χ0n) is 23.6. The summed E-state index contributed by atoms with van der Waals surface area (Å²) in [6, 6.07) is 14.6. The van der Waals surface area contributed by atoms with Gasteiger partial charge in [-0.1, -0.05) is 60.0 Å². The van der Waals surface area contributed by atoms with Crippen molar-refractivity contribution in [3.63, 3.8) is 0 Å². The molecule has 9 nitrogen and oxygen atoms in total. The van der Waals surface area contributed by atoms with Crippen molar-refractivity contribution >= 4 is 34.8 Å². The van der Waals surface area contributed by atoms with Crippen molar-refractivity contribution in [3.8, 4) is 28.2 Å². The lowest BCUT2D eigenvalue weighted by molar-refractivity contribution is -0.141. The molecule has 0 saturated carbocycles. The highest BCUT2D eigenvalue weighted by atomic mass is 35.5. The molecular formula is C31H24Cl2F3N7O2. The molecule has 1 amide bonds. The SMILES string of the molecule is C[C@@H]1CCC[C@H](n2cnc(-c3cc(Cl)ccc3-n3cc(C(F)(F)F)nn3)cc2=O)c2cccc(c2)-c2ncc(Cl)cc2NC1=O. The summed E-state index contributed by atoms with van der Waals surface area (Å²) in [6.45, 7) is 1.84. The second kappa shape index (κ2) is 12.1. The van der Waals surface area contributed by atoms with Gasteiger partial charge in [0.15, 0.2) is 5.69 Å². The van der Waals surface area contributed by atoms with E-state index in [1.807, 2.05) is 31.2 Å². The number of carbonyl (C=O) groups excluding carboxylic acids is 1. The normalized spacial score (nSPS) is 17.2. The molecule has 0 radical (unpaired) electrons.